The standard InChI is InChI=1S/C17H24N4O2/c1-12(2)21(13-7-8-13)17(23)19-15-6-4-10-20(16(15)22)14-5-3-9-18-11-14/h3,5,9,11-13,15H,4,6-8,10H2,1-2H3,(H,19,23)/t15-/m1/s1. The van der Waals surface area contributed by atoms with Crippen LogP contribution >= 0.6 is 0 Å². The third-order valence-electron chi connectivity index (χ3n) is 4.43. The molecule has 6 nitrogen and oxygen atoms in total. The molecular weight excluding hydrogens is 292 g/mol. The largest absolute Gasteiger partial charge is 0.326 e. The van der Waals surface area contributed by atoms with E-state index in [9.17, 15) is 9.59 Å². The van der Waals surface area contributed by atoms with Crippen molar-refractivity contribution in [3.05, 3.63) is 24.5 Å². The number of hydrogen-bond donors (Lipinski definition) is 1. The highest BCUT2D eigenvalue weighted by Crippen LogP contribution is 2.29. The highest BCUT2D eigenvalue weighted by atomic mass is 16.2. The number of hydrogen-bond acceptors (Lipinski definition) is 3. The highest BCUT2D eigenvalue weighted by molar-refractivity contribution is 5.99. The van der Waals surface area contributed by atoms with Crippen molar-refractivity contribution in [1.29, 1.82) is 0 Å². The third-order valence-corrected chi connectivity index (χ3v) is 4.43. The van der Waals surface area contributed by atoms with Gasteiger partial charge in [-0.2, -0.15) is 0 Å². The lowest BCUT2D eigenvalue weighted by Gasteiger charge is -2.34. The van der Waals surface area contributed by atoms with E-state index in [1.807, 2.05) is 30.9 Å². The summed E-state index contributed by atoms with van der Waals surface area (Å²) in [5.41, 5.74) is 0.791. The van der Waals surface area contributed by atoms with Crippen molar-refractivity contribution in [2.24, 2.45) is 0 Å². The van der Waals surface area contributed by atoms with Gasteiger partial charge in [0.2, 0.25) is 5.91 Å². The molecule has 124 valence electrons. The SMILES string of the molecule is CC(C)N(C(=O)N[C@@H]1CCCN(c2cccnc2)C1=O)C1CC1. The van der Waals surface area contributed by atoms with Crippen LogP contribution < -0.4 is 10.2 Å². The molecule has 0 spiro atoms. The van der Waals surface area contributed by atoms with Crippen LogP contribution in [0, 0.1) is 0 Å². The van der Waals surface area contributed by atoms with E-state index in [2.05, 4.69) is 10.3 Å². The van der Waals surface area contributed by atoms with Crippen molar-refractivity contribution in [3.63, 3.8) is 0 Å². The number of rotatable bonds is 4. The van der Waals surface area contributed by atoms with Crippen molar-refractivity contribution in [2.75, 3.05) is 11.4 Å². The molecular formula is C17H24N4O2. The maximum atomic E-state index is 12.7. The first kappa shape index (κ1) is 15.8. The Bertz CT molecular complexity index is 569. The topological polar surface area (TPSA) is 65.5 Å². The zero-order valence-electron chi connectivity index (χ0n) is 13.7. The molecule has 2 fully saturated rings. The van der Waals surface area contributed by atoms with E-state index in [-0.39, 0.29) is 18.0 Å². The molecule has 6 heteroatoms. The minimum absolute atomic E-state index is 0.0443. The van der Waals surface area contributed by atoms with Gasteiger partial charge in [0, 0.05) is 24.8 Å². The second-order valence-corrected chi connectivity index (χ2v) is 6.58. The number of carbonyl (C=O) groups excluding carboxylic acids is 2. The number of amides is 3. The van der Waals surface area contributed by atoms with Crippen molar-refractivity contribution in [2.45, 2.75) is 57.7 Å². The fourth-order valence-corrected chi connectivity index (χ4v) is 3.18. The summed E-state index contributed by atoms with van der Waals surface area (Å²) in [7, 11) is 0. The van der Waals surface area contributed by atoms with Gasteiger partial charge in [0.25, 0.3) is 0 Å². The second kappa shape index (κ2) is 6.56. The summed E-state index contributed by atoms with van der Waals surface area (Å²) in [6.07, 6.45) is 7.06. The third kappa shape index (κ3) is 3.46. The van der Waals surface area contributed by atoms with E-state index < -0.39 is 6.04 Å². The van der Waals surface area contributed by atoms with Crippen LogP contribution in [0.4, 0.5) is 10.5 Å². The molecule has 1 saturated carbocycles. The van der Waals surface area contributed by atoms with Gasteiger partial charge in [0.15, 0.2) is 0 Å². The Morgan fingerprint density at radius 1 is 1.39 bits per heavy atom. The van der Waals surface area contributed by atoms with E-state index in [4.69, 9.17) is 0 Å². The molecule has 1 atom stereocenters. The first-order chi connectivity index (χ1) is 11.1. The zero-order valence-corrected chi connectivity index (χ0v) is 13.7. The van der Waals surface area contributed by atoms with Crippen molar-refractivity contribution < 1.29 is 9.59 Å². The van der Waals surface area contributed by atoms with Crippen LogP contribution in [0.2, 0.25) is 0 Å². The van der Waals surface area contributed by atoms with E-state index in [0.717, 1.165) is 24.9 Å². The van der Waals surface area contributed by atoms with E-state index >= 15 is 0 Å². The van der Waals surface area contributed by atoms with E-state index in [0.29, 0.717) is 19.0 Å². The average Bonchev–Trinajstić information content (AvgIpc) is 3.35. The molecule has 2 aliphatic rings. The molecule has 0 radical (unpaired) electrons. The van der Waals surface area contributed by atoms with Gasteiger partial charge < -0.3 is 15.1 Å². The van der Waals surface area contributed by atoms with Crippen molar-refractivity contribution in [1.82, 2.24) is 15.2 Å². The van der Waals surface area contributed by atoms with Crippen LogP contribution in [-0.4, -0.2) is 46.5 Å². The van der Waals surface area contributed by atoms with Gasteiger partial charge in [-0.05, 0) is 51.7 Å². The van der Waals surface area contributed by atoms with Gasteiger partial charge in [-0.25, -0.2) is 4.79 Å². The average molecular weight is 316 g/mol. The summed E-state index contributed by atoms with van der Waals surface area (Å²) in [5.74, 6) is -0.0443. The maximum Gasteiger partial charge on any atom is 0.318 e. The molecule has 0 bridgehead atoms. The van der Waals surface area contributed by atoms with Crippen molar-refractivity contribution in [3.8, 4) is 0 Å². The zero-order chi connectivity index (χ0) is 16.4. The number of aromatic nitrogens is 1. The summed E-state index contributed by atoms with van der Waals surface area (Å²) in [5, 5.41) is 2.95. The Kier molecular flexibility index (Phi) is 4.50. The Labute approximate surface area is 136 Å². The van der Waals surface area contributed by atoms with Gasteiger partial charge in [-0.1, -0.05) is 0 Å². The van der Waals surface area contributed by atoms with Gasteiger partial charge >= 0.3 is 6.03 Å². The van der Waals surface area contributed by atoms with Crippen molar-refractivity contribution >= 4 is 17.6 Å². The summed E-state index contributed by atoms with van der Waals surface area (Å²) in [4.78, 5) is 32.9. The van der Waals surface area contributed by atoms with Crippen LogP contribution in [-0.2, 0) is 4.79 Å². The smallest absolute Gasteiger partial charge is 0.318 e. The number of pyridine rings is 1. The van der Waals surface area contributed by atoms with Crippen LogP contribution in [0.25, 0.3) is 0 Å². The molecule has 3 amide bonds. The number of nitrogens with one attached hydrogen (secondary N) is 1. The number of piperidine rings is 1. The minimum Gasteiger partial charge on any atom is -0.326 e. The molecule has 1 aliphatic heterocycles. The Balaban J connectivity index is 1.68. The molecule has 1 aromatic rings. The molecule has 3 rings (SSSR count). The van der Waals surface area contributed by atoms with Crippen LogP contribution in [0.5, 0.6) is 0 Å². The lowest BCUT2D eigenvalue weighted by atomic mass is 10.0. The summed E-state index contributed by atoms with van der Waals surface area (Å²) in [6, 6.07) is 3.61. The molecule has 1 N–H and O–H groups in total. The summed E-state index contributed by atoms with van der Waals surface area (Å²) in [6.45, 7) is 4.71. The maximum absolute atomic E-state index is 12.7. The lowest BCUT2D eigenvalue weighted by molar-refractivity contribution is -0.121. The predicted octanol–water partition coefficient (Wildman–Crippen LogP) is 2.16. The lowest BCUT2D eigenvalue weighted by Crippen LogP contribution is -2.56. The Hall–Kier alpha value is -2.11. The number of nitrogens with zero attached hydrogens (tertiary/aromatic N) is 3. The first-order valence-electron chi connectivity index (χ1n) is 8.38. The second-order valence-electron chi connectivity index (χ2n) is 6.58. The molecule has 0 aromatic carbocycles. The molecule has 23 heavy (non-hydrogen) atoms. The van der Waals surface area contributed by atoms with E-state index in [1.165, 1.54) is 0 Å². The van der Waals surface area contributed by atoms with Gasteiger partial charge in [0.1, 0.15) is 6.04 Å². The molecule has 1 aromatic heterocycles. The van der Waals surface area contributed by atoms with Gasteiger partial charge in [-0.15, -0.1) is 0 Å². The first-order valence-corrected chi connectivity index (χ1v) is 8.38. The Morgan fingerprint density at radius 3 is 2.78 bits per heavy atom. The van der Waals surface area contributed by atoms with Crippen LogP contribution in [0.3, 0.4) is 0 Å². The predicted molar refractivity (Wildman–Crippen MR) is 88.1 cm³/mol. The summed E-state index contributed by atoms with van der Waals surface area (Å²) < 4.78 is 0. The molecule has 1 saturated heterocycles. The minimum atomic E-state index is -0.448. The normalized spacial score (nSPS) is 21.4. The highest BCUT2D eigenvalue weighted by Gasteiger charge is 2.37. The fourth-order valence-electron chi connectivity index (χ4n) is 3.18. The molecule has 0 unspecified atom stereocenters. The summed E-state index contributed by atoms with van der Waals surface area (Å²) >= 11 is 0. The quantitative estimate of drug-likeness (QED) is 0.925. The monoisotopic (exact) mass is 316 g/mol. The van der Waals surface area contributed by atoms with Gasteiger partial charge in [-0.3, -0.25) is 9.78 Å². The molecule has 2 heterocycles. The Morgan fingerprint density at radius 2 is 2.17 bits per heavy atom. The molecule has 1 aliphatic carbocycles. The van der Waals surface area contributed by atoms with E-state index in [1.54, 1.807) is 17.3 Å². The van der Waals surface area contributed by atoms with Crippen LogP contribution in [0.1, 0.15) is 39.5 Å². The van der Waals surface area contributed by atoms with Gasteiger partial charge in [0.05, 0.1) is 11.9 Å². The fraction of sp³-hybridized carbons (Fsp3) is 0.588. The number of carbonyl (C=O) groups is 2. The van der Waals surface area contributed by atoms with Crippen LogP contribution in [0.15, 0.2) is 24.5 Å². The number of anilines is 1. The number of urea groups is 1.